The Labute approximate surface area is 270 Å². The van der Waals surface area contributed by atoms with Crippen molar-refractivity contribution < 1.29 is 42.1 Å². The molecule has 14 heteroatoms. The zero-order chi connectivity index (χ0) is 33.3. The van der Waals surface area contributed by atoms with E-state index in [9.17, 15) is 23.1 Å². The van der Waals surface area contributed by atoms with Crippen molar-refractivity contribution in [1.29, 1.82) is 0 Å². The van der Waals surface area contributed by atoms with Gasteiger partial charge in [0.2, 0.25) is 10.0 Å². The maximum Gasteiger partial charge on any atom is 0.407 e. The Kier molecular flexibility index (Phi) is 12.3. The lowest BCUT2D eigenvalue weighted by Gasteiger charge is -2.35. The van der Waals surface area contributed by atoms with Crippen LogP contribution in [0.2, 0.25) is 0 Å². The first kappa shape index (κ1) is 35.4. The third-order valence-corrected chi connectivity index (χ3v) is 10.1. The van der Waals surface area contributed by atoms with Gasteiger partial charge < -0.3 is 40.4 Å². The summed E-state index contributed by atoms with van der Waals surface area (Å²) in [5.74, 6) is -0.0613. The lowest BCUT2D eigenvalue weighted by molar-refractivity contribution is -0.0907. The van der Waals surface area contributed by atoms with Gasteiger partial charge in [-0.1, -0.05) is 44.2 Å². The lowest BCUT2D eigenvalue weighted by atomic mass is 9.87. The van der Waals surface area contributed by atoms with Crippen molar-refractivity contribution in [2.75, 3.05) is 45.7 Å². The van der Waals surface area contributed by atoms with Crippen LogP contribution in [0.5, 0.6) is 0 Å². The van der Waals surface area contributed by atoms with Gasteiger partial charge in [-0.2, -0.15) is 4.31 Å². The van der Waals surface area contributed by atoms with Crippen molar-refractivity contribution in [3.05, 3.63) is 60.2 Å². The molecule has 5 atom stereocenters. The molecular weight excluding hydrogens is 616 g/mol. The standard InChI is InChI=1S/C32H46N4O9S/c1-32(2,15-7-16-34-30(38)42-3)21-36(46(40,41)24-12-10-23(33)11-13-24)19-27(37)26(18-22-8-5-4-6-9-22)35-31(39)45-28-20-44-29-25(28)14-17-43-29/h4-6,8-13,25-29,37H,7,14-21,33H2,1-3H3,(H,34,38)(H,35,39)/t25-,26-,27+,28-,29+/m0/s1. The van der Waals surface area contributed by atoms with E-state index in [1.165, 1.54) is 35.7 Å². The number of hydrogen-bond donors (Lipinski definition) is 4. The number of carbonyl (C=O) groups is 2. The molecule has 5 N–H and O–H groups in total. The highest BCUT2D eigenvalue weighted by Gasteiger charge is 2.44. The molecule has 4 rings (SSSR count). The first-order valence-corrected chi connectivity index (χ1v) is 16.9. The van der Waals surface area contributed by atoms with Crippen LogP contribution in [0, 0.1) is 11.3 Å². The van der Waals surface area contributed by atoms with E-state index in [1.807, 2.05) is 44.2 Å². The summed E-state index contributed by atoms with van der Waals surface area (Å²) in [6.45, 7) is 4.69. The molecular formula is C32H46N4O9S. The Morgan fingerprint density at radius 1 is 1.11 bits per heavy atom. The average molecular weight is 663 g/mol. The molecule has 0 unspecified atom stereocenters. The van der Waals surface area contributed by atoms with E-state index in [2.05, 4.69) is 15.4 Å². The molecule has 2 saturated heterocycles. The molecule has 0 spiro atoms. The van der Waals surface area contributed by atoms with Crippen molar-refractivity contribution in [2.45, 2.75) is 69.0 Å². The first-order valence-electron chi connectivity index (χ1n) is 15.5. The van der Waals surface area contributed by atoms with E-state index in [0.29, 0.717) is 38.1 Å². The van der Waals surface area contributed by atoms with Gasteiger partial charge in [0.05, 0.1) is 43.3 Å². The van der Waals surface area contributed by atoms with Crippen LogP contribution < -0.4 is 16.4 Å². The molecule has 2 aromatic rings. The maximum atomic E-state index is 14.0. The van der Waals surface area contributed by atoms with Gasteiger partial charge in [-0.3, -0.25) is 0 Å². The number of hydrogen-bond acceptors (Lipinski definition) is 10. The molecule has 254 valence electrons. The fourth-order valence-electron chi connectivity index (χ4n) is 5.78. The predicted molar refractivity (Wildman–Crippen MR) is 170 cm³/mol. The number of fused-ring (bicyclic) bond motifs is 1. The summed E-state index contributed by atoms with van der Waals surface area (Å²) in [6.07, 6.45) is -1.38. The van der Waals surface area contributed by atoms with Crippen LogP contribution in [0.4, 0.5) is 15.3 Å². The smallest absolute Gasteiger partial charge is 0.407 e. The number of sulfonamides is 1. The number of benzene rings is 2. The van der Waals surface area contributed by atoms with Crippen molar-refractivity contribution >= 4 is 27.9 Å². The number of rotatable bonds is 15. The molecule has 46 heavy (non-hydrogen) atoms. The zero-order valence-corrected chi connectivity index (χ0v) is 27.4. The van der Waals surface area contributed by atoms with Gasteiger partial charge in [0.15, 0.2) is 6.29 Å². The van der Waals surface area contributed by atoms with E-state index >= 15 is 0 Å². The summed E-state index contributed by atoms with van der Waals surface area (Å²) in [4.78, 5) is 24.6. The van der Waals surface area contributed by atoms with Crippen LogP contribution >= 0.6 is 0 Å². The molecule has 0 aromatic heterocycles. The molecule has 13 nitrogen and oxygen atoms in total. The normalized spacial score (nSPS) is 20.9. The number of nitrogens with two attached hydrogens (primary N) is 1. The molecule has 2 aliphatic rings. The Bertz CT molecular complexity index is 1390. The number of ether oxygens (including phenoxy) is 4. The van der Waals surface area contributed by atoms with Gasteiger partial charge >= 0.3 is 12.2 Å². The second-order valence-corrected chi connectivity index (χ2v) is 14.5. The quantitative estimate of drug-likeness (QED) is 0.164. The summed E-state index contributed by atoms with van der Waals surface area (Å²) < 4.78 is 50.7. The van der Waals surface area contributed by atoms with Gasteiger partial charge in [0.1, 0.15) is 6.10 Å². The third-order valence-electron chi connectivity index (χ3n) is 8.31. The third kappa shape index (κ3) is 9.79. The van der Waals surface area contributed by atoms with E-state index in [-0.39, 0.29) is 36.9 Å². The van der Waals surface area contributed by atoms with Crippen molar-refractivity contribution in [2.24, 2.45) is 11.3 Å². The molecule has 0 saturated carbocycles. The molecule has 2 heterocycles. The zero-order valence-electron chi connectivity index (χ0n) is 26.6. The lowest BCUT2D eigenvalue weighted by Crippen LogP contribution is -2.52. The highest BCUT2D eigenvalue weighted by Crippen LogP contribution is 2.33. The summed E-state index contributed by atoms with van der Waals surface area (Å²) in [6, 6.07) is 14.3. The maximum absolute atomic E-state index is 14.0. The first-order chi connectivity index (χ1) is 21.9. The summed E-state index contributed by atoms with van der Waals surface area (Å²) in [5.41, 5.74) is 6.52. The predicted octanol–water partition coefficient (Wildman–Crippen LogP) is 2.88. The molecule has 2 fully saturated rings. The molecule has 0 radical (unpaired) electrons. The fourth-order valence-corrected chi connectivity index (χ4v) is 7.43. The number of anilines is 1. The molecule has 0 aliphatic carbocycles. The molecule has 0 bridgehead atoms. The van der Waals surface area contributed by atoms with Crippen molar-refractivity contribution in [1.82, 2.24) is 14.9 Å². The Balaban J connectivity index is 1.53. The van der Waals surface area contributed by atoms with Crippen LogP contribution in [-0.4, -0.2) is 94.5 Å². The number of methoxy groups -OCH3 is 1. The van der Waals surface area contributed by atoms with Gasteiger partial charge in [-0.25, -0.2) is 18.0 Å². The molecule has 2 aliphatic heterocycles. The molecule has 2 aromatic carbocycles. The monoisotopic (exact) mass is 662 g/mol. The van der Waals surface area contributed by atoms with Crippen molar-refractivity contribution in [3.63, 3.8) is 0 Å². The number of nitrogens with zero attached hydrogens (tertiary/aromatic N) is 1. The SMILES string of the molecule is COC(=O)NCCCC(C)(C)CN(C[C@@H](O)[C@H](Cc1ccccc1)NC(=O)O[C@H]1CO[C@H]2OCC[C@H]21)S(=O)(=O)c1ccc(N)cc1. The minimum absolute atomic E-state index is 0.0265. The van der Waals surface area contributed by atoms with Crippen LogP contribution in [0.15, 0.2) is 59.5 Å². The van der Waals surface area contributed by atoms with Gasteiger partial charge in [-0.05, 0) is 60.9 Å². The minimum atomic E-state index is -4.10. The number of aliphatic hydroxyl groups is 1. The van der Waals surface area contributed by atoms with E-state index in [4.69, 9.17) is 19.9 Å². The number of nitrogens with one attached hydrogen (secondary N) is 2. The van der Waals surface area contributed by atoms with Crippen molar-refractivity contribution in [3.8, 4) is 0 Å². The van der Waals surface area contributed by atoms with E-state index in [1.54, 1.807) is 0 Å². The summed E-state index contributed by atoms with van der Waals surface area (Å²) in [7, 11) is -2.82. The molecule has 2 amide bonds. The summed E-state index contributed by atoms with van der Waals surface area (Å²) >= 11 is 0. The number of amides is 2. The highest BCUT2D eigenvalue weighted by molar-refractivity contribution is 7.89. The fraction of sp³-hybridized carbons (Fsp3) is 0.562. The Morgan fingerprint density at radius 3 is 2.52 bits per heavy atom. The second kappa shape index (κ2) is 15.9. The van der Waals surface area contributed by atoms with E-state index < -0.39 is 52.2 Å². The number of nitrogen functional groups attached to an aromatic ring is 1. The summed E-state index contributed by atoms with van der Waals surface area (Å²) in [5, 5.41) is 17.1. The largest absolute Gasteiger partial charge is 0.453 e. The van der Waals surface area contributed by atoms with Crippen LogP contribution in [0.25, 0.3) is 0 Å². The highest BCUT2D eigenvalue weighted by atomic mass is 32.2. The van der Waals surface area contributed by atoms with Gasteiger partial charge in [0, 0.05) is 25.3 Å². The number of alkyl carbamates (subject to hydrolysis) is 2. The second-order valence-electron chi connectivity index (χ2n) is 12.5. The van der Waals surface area contributed by atoms with Crippen LogP contribution in [0.1, 0.15) is 38.7 Å². The average Bonchev–Trinajstić information content (AvgIpc) is 3.64. The van der Waals surface area contributed by atoms with Crippen LogP contribution in [0.3, 0.4) is 0 Å². The van der Waals surface area contributed by atoms with E-state index in [0.717, 1.165) is 5.56 Å². The van der Waals surface area contributed by atoms with Gasteiger partial charge in [-0.15, -0.1) is 0 Å². The number of aliphatic hydroxyl groups excluding tert-OH is 1. The van der Waals surface area contributed by atoms with Gasteiger partial charge in [0.25, 0.3) is 0 Å². The topological polar surface area (TPSA) is 179 Å². The number of carbonyl (C=O) groups excluding carboxylic acids is 2. The van der Waals surface area contributed by atoms with Crippen LogP contribution in [-0.2, 0) is 35.4 Å². The Hall–Kier alpha value is -3.43. The Morgan fingerprint density at radius 2 is 1.83 bits per heavy atom. The minimum Gasteiger partial charge on any atom is -0.453 e.